The van der Waals surface area contributed by atoms with Crippen LogP contribution in [0.15, 0.2) is 42.5 Å². The third-order valence-electron chi connectivity index (χ3n) is 5.15. The fraction of sp³-hybridized carbons (Fsp3) is 0.429. The number of aliphatic hydroxyl groups is 1. The van der Waals surface area contributed by atoms with Gasteiger partial charge in [0.25, 0.3) is 0 Å². The molecular formula is C21H28N2O4S. The summed E-state index contributed by atoms with van der Waals surface area (Å²) in [6.45, 7) is 4.24. The zero-order chi connectivity index (χ0) is 20.4. The van der Waals surface area contributed by atoms with Crippen LogP contribution in [0.5, 0.6) is 5.75 Å². The van der Waals surface area contributed by atoms with Crippen molar-refractivity contribution in [2.45, 2.75) is 44.8 Å². The Hall–Kier alpha value is -2.09. The minimum absolute atomic E-state index is 0.0281. The summed E-state index contributed by atoms with van der Waals surface area (Å²) in [7, 11) is -3.52. The maximum atomic E-state index is 12.0. The van der Waals surface area contributed by atoms with Crippen molar-refractivity contribution in [3.8, 4) is 5.75 Å². The van der Waals surface area contributed by atoms with Gasteiger partial charge in [0.1, 0.15) is 5.75 Å². The predicted octanol–water partition coefficient (Wildman–Crippen LogP) is 2.72. The highest BCUT2D eigenvalue weighted by Crippen LogP contribution is 2.31. The van der Waals surface area contributed by atoms with Crippen molar-refractivity contribution < 1.29 is 18.6 Å². The molecule has 0 heterocycles. The molecule has 0 aliphatic heterocycles. The van der Waals surface area contributed by atoms with Crippen molar-refractivity contribution in [2.75, 3.05) is 17.0 Å². The van der Waals surface area contributed by atoms with E-state index >= 15 is 0 Å². The van der Waals surface area contributed by atoms with Gasteiger partial charge >= 0.3 is 0 Å². The zero-order valence-corrected chi connectivity index (χ0v) is 17.1. The standard InChI is InChI=1S/C21H28N2O4S/c1-3-10-28(26,27)23-18-11-15(8-9-19(18)24)20(25)14-22-21(2)12-16-6-4-5-7-17(16)13-21/h4-9,11,20,22-25H,3,10,12-14H2,1-2H3/t20-/m0/s1. The van der Waals surface area contributed by atoms with E-state index in [-0.39, 0.29) is 22.7 Å². The van der Waals surface area contributed by atoms with Crippen LogP contribution in [0.3, 0.4) is 0 Å². The number of benzene rings is 2. The highest BCUT2D eigenvalue weighted by atomic mass is 32.2. The molecule has 4 N–H and O–H groups in total. The Morgan fingerprint density at radius 2 is 1.79 bits per heavy atom. The molecule has 2 aromatic rings. The van der Waals surface area contributed by atoms with Crippen molar-refractivity contribution in [2.24, 2.45) is 0 Å². The first-order valence-corrected chi connectivity index (χ1v) is 11.2. The highest BCUT2D eigenvalue weighted by Gasteiger charge is 2.32. The summed E-state index contributed by atoms with van der Waals surface area (Å²) in [6.07, 6.45) is 1.44. The van der Waals surface area contributed by atoms with Gasteiger partial charge in [0.05, 0.1) is 17.5 Å². The van der Waals surface area contributed by atoms with Crippen LogP contribution in [0.1, 0.15) is 43.1 Å². The summed E-state index contributed by atoms with van der Waals surface area (Å²) in [5, 5.41) is 24.0. The molecule has 3 rings (SSSR count). The largest absolute Gasteiger partial charge is 0.506 e. The van der Waals surface area contributed by atoms with Crippen molar-refractivity contribution >= 4 is 15.7 Å². The van der Waals surface area contributed by atoms with Gasteiger partial charge in [-0.2, -0.15) is 0 Å². The van der Waals surface area contributed by atoms with Gasteiger partial charge in [-0.3, -0.25) is 4.72 Å². The number of anilines is 1. The minimum atomic E-state index is -3.52. The molecule has 0 amide bonds. The Morgan fingerprint density at radius 1 is 1.14 bits per heavy atom. The first kappa shape index (κ1) is 20.6. The lowest BCUT2D eigenvalue weighted by Gasteiger charge is -2.27. The van der Waals surface area contributed by atoms with Crippen LogP contribution in [0.25, 0.3) is 0 Å². The van der Waals surface area contributed by atoms with Gasteiger partial charge in [-0.15, -0.1) is 0 Å². The molecule has 1 aliphatic carbocycles. The molecule has 0 saturated carbocycles. The van der Waals surface area contributed by atoms with E-state index in [1.165, 1.54) is 23.3 Å². The molecule has 28 heavy (non-hydrogen) atoms. The molecule has 0 radical (unpaired) electrons. The molecule has 152 valence electrons. The number of sulfonamides is 1. The van der Waals surface area contributed by atoms with Gasteiger partial charge in [-0.1, -0.05) is 37.3 Å². The molecule has 0 bridgehead atoms. The first-order chi connectivity index (χ1) is 13.2. The molecule has 7 heteroatoms. The van der Waals surface area contributed by atoms with Crippen molar-refractivity contribution in [1.29, 1.82) is 0 Å². The Labute approximate surface area is 166 Å². The first-order valence-electron chi connectivity index (χ1n) is 9.55. The van der Waals surface area contributed by atoms with Crippen LogP contribution >= 0.6 is 0 Å². The van der Waals surface area contributed by atoms with Crippen molar-refractivity contribution in [1.82, 2.24) is 5.32 Å². The molecule has 0 fully saturated rings. The number of hydrogen-bond acceptors (Lipinski definition) is 5. The van der Waals surface area contributed by atoms with Gasteiger partial charge in [0.2, 0.25) is 10.0 Å². The van der Waals surface area contributed by atoms with Crippen molar-refractivity contribution in [3.05, 3.63) is 59.2 Å². The van der Waals surface area contributed by atoms with E-state index in [4.69, 9.17) is 0 Å². The van der Waals surface area contributed by atoms with Gasteiger partial charge in [-0.05, 0) is 55.0 Å². The quantitative estimate of drug-likeness (QED) is 0.507. The lowest BCUT2D eigenvalue weighted by atomic mass is 9.97. The molecule has 2 aromatic carbocycles. The molecule has 1 atom stereocenters. The predicted molar refractivity (Wildman–Crippen MR) is 111 cm³/mol. The number of β-amino-alcohol motifs (C(OH)–C–C–N with tert-alkyl or cyclic N) is 1. The second kappa shape index (κ2) is 8.11. The molecule has 0 spiro atoms. The average molecular weight is 405 g/mol. The van der Waals surface area contributed by atoms with Gasteiger partial charge < -0.3 is 15.5 Å². The van der Waals surface area contributed by atoms with E-state index in [1.807, 2.05) is 12.1 Å². The fourth-order valence-electron chi connectivity index (χ4n) is 3.72. The van der Waals surface area contributed by atoms with E-state index in [2.05, 4.69) is 29.1 Å². The topological polar surface area (TPSA) is 98.7 Å². The Bertz CT molecular complexity index is 918. The maximum absolute atomic E-state index is 12.0. The van der Waals surface area contributed by atoms with Gasteiger partial charge in [0, 0.05) is 12.1 Å². The molecule has 1 aliphatic rings. The van der Waals surface area contributed by atoms with Crippen LogP contribution in [-0.2, 0) is 22.9 Å². The lowest BCUT2D eigenvalue weighted by Crippen LogP contribution is -2.45. The normalized spacial score (nSPS) is 16.5. The van der Waals surface area contributed by atoms with Gasteiger partial charge in [0.15, 0.2) is 0 Å². The monoisotopic (exact) mass is 404 g/mol. The molecule has 6 nitrogen and oxygen atoms in total. The van der Waals surface area contributed by atoms with E-state index in [0.29, 0.717) is 18.5 Å². The van der Waals surface area contributed by atoms with E-state index in [0.717, 1.165) is 12.8 Å². The summed E-state index contributed by atoms with van der Waals surface area (Å²) in [4.78, 5) is 0. The van der Waals surface area contributed by atoms with Gasteiger partial charge in [-0.25, -0.2) is 8.42 Å². The molecule has 0 unspecified atom stereocenters. The minimum Gasteiger partial charge on any atom is -0.506 e. The van der Waals surface area contributed by atoms with Crippen LogP contribution < -0.4 is 10.0 Å². The fourth-order valence-corrected chi connectivity index (χ4v) is 4.86. The van der Waals surface area contributed by atoms with Crippen LogP contribution in [-0.4, -0.2) is 36.5 Å². The SMILES string of the molecule is CCCS(=O)(=O)Nc1cc([C@@H](O)CNC2(C)Cc3ccccc3C2)ccc1O. The number of nitrogens with one attached hydrogen (secondary N) is 2. The second-order valence-corrected chi connectivity index (χ2v) is 9.62. The Balaban J connectivity index is 1.66. The third-order valence-corrected chi connectivity index (χ3v) is 6.62. The van der Waals surface area contributed by atoms with Crippen LogP contribution in [0.4, 0.5) is 5.69 Å². The number of aromatic hydroxyl groups is 1. The van der Waals surface area contributed by atoms with Crippen LogP contribution in [0.2, 0.25) is 0 Å². The van der Waals surface area contributed by atoms with E-state index in [1.54, 1.807) is 13.0 Å². The summed E-state index contributed by atoms with van der Waals surface area (Å²) >= 11 is 0. The number of fused-ring (bicyclic) bond motifs is 1. The average Bonchev–Trinajstić information content (AvgIpc) is 2.98. The summed E-state index contributed by atoms with van der Waals surface area (Å²) < 4.78 is 26.4. The smallest absolute Gasteiger partial charge is 0.232 e. The highest BCUT2D eigenvalue weighted by molar-refractivity contribution is 7.92. The summed E-state index contributed by atoms with van der Waals surface area (Å²) in [5.41, 5.74) is 3.14. The number of phenols is 1. The number of phenolic OH excluding ortho intramolecular Hbond substituents is 1. The molecule has 0 saturated heterocycles. The second-order valence-electron chi connectivity index (χ2n) is 7.78. The van der Waals surface area contributed by atoms with Crippen molar-refractivity contribution in [3.63, 3.8) is 0 Å². The lowest BCUT2D eigenvalue weighted by molar-refractivity contribution is 0.159. The van der Waals surface area contributed by atoms with Crippen LogP contribution in [0, 0.1) is 0 Å². The maximum Gasteiger partial charge on any atom is 0.232 e. The van der Waals surface area contributed by atoms with E-state index < -0.39 is 16.1 Å². The molecule has 0 aromatic heterocycles. The molecular weight excluding hydrogens is 376 g/mol. The van der Waals surface area contributed by atoms with E-state index in [9.17, 15) is 18.6 Å². The Kier molecular flexibility index (Phi) is 5.98. The Morgan fingerprint density at radius 3 is 2.39 bits per heavy atom. The zero-order valence-electron chi connectivity index (χ0n) is 16.3. The summed E-state index contributed by atoms with van der Waals surface area (Å²) in [5.74, 6) is -0.193. The third kappa shape index (κ3) is 4.84. The number of aliphatic hydroxyl groups excluding tert-OH is 1. The summed E-state index contributed by atoms with van der Waals surface area (Å²) in [6, 6.07) is 12.8. The number of hydrogen-bond donors (Lipinski definition) is 4. The number of rotatable bonds is 8.